The first kappa shape index (κ1) is 10.1. The minimum absolute atomic E-state index is 0.126. The predicted molar refractivity (Wildman–Crippen MR) is 51.1 cm³/mol. The Morgan fingerprint density at radius 2 is 2.31 bits per heavy atom. The zero-order chi connectivity index (χ0) is 11.7. The highest BCUT2D eigenvalue weighted by Crippen LogP contribution is 2.09. The maximum atomic E-state index is 13.0. The highest BCUT2D eigenvalue weighted by Gasteiger charge is 2.12. The SMILES string of the molecule is O=C(O)c1cc(-n2ccc(=O)[nH]2)ncc1F. The number of carboxylic acid groups (broad SMARTS) is 1. The lowest BCUT2D eigenvalue weighted by molar-refractivity contribution is 0.0691. The number of rotatable bonds is 2. The third-order valence-electron chi connectivity index (χ3n) is 1.92. The molecule has 82 valence electrons. The van der Waals surface area contributed by atoms with Crippen LogP contribution in [0, 0.1) is 5.82 Å². The van der Waals surface area contributed by atoms with Crippen LogP contribution in [0.15, 0.2) is 29.3 Å². The monoisotopic (exact) mass is 223 g/mol. The van der Waals surface area contributed by atoms with Crippen LogP contribution in [0.3, 0.4) is 0 Å². The van der Waals surface area contributed by atoms with Gasteiger partial charge in [0.05, 0.1) is 6.20 Å². The van der Waals surface area contributed by atoms with Crippen molar-refractivity contribution in [2.45, 2.75) is 0 Å². The van der Waals surface area contributed by atoms with Crippen molar-refractivity contribution < 1.29 is 14.3 Å². The lowest BCUT2D eigenvalue weighted by Crippen LogP contribution is -2.08. The van der Waals surface area contributed by atoms with E-state index in [4.69, 9.17) is 5.11 Å². The van der Waals surface area contributed by atoms with Gasteiger partial charge in [-0.15, -0.1) is 0 Å². The van der Waals surface area contributed by atoms with Crippen LogP contribution >= 0.6 is 0 Å². The number of halogens is 1. The van der Waals surface area contributed by atoms with E-state index in [9.17, 15) is 14.0 Å². The van der Waals surface area contributed by atoms with Gasteiger partial charge in [0.2, 0.25) is 0 Å². The largest absolute Gasteiger partial charge is 0.478 e. The summed E-state index contributed by atoms with van der Waals surface area (Å²) in [5.74, 6) is -2.19. The molecule has 0 unspecified atom stereocenters. The number of aromatic carboxylic acids is 1. The van der Waals surface area contributed by atoms with Crippen LogP contribution in [-0.2, 0) is 0 Å². The number of hydrogen-bond acceptors (Lipinski definition) is 3. The van der Waals surface area contributed by atoms with E-state index >= 15 is 0 Å². The van der Waals surface area contributed by atoms with Crippen molar-refractivity contribution >= 4 is 5.97 Å². The summed E-state index contributed by atoms with van der Waals surface area (Å²) in [5, 5.41) is 11.1. The topological polar surface area (TPSA) is 88.0 Å². The van der Waals surface area contributed by atoms with E-state index in [1.165, 1.54) is 16.9 Å². The molecule has 0 radical (unpaired) electrons. The fourth-order valence-electron chi connectivity index (χ4n) is 1.19. The van der Waals surface area contributed by atoms with Crippen LogP contribution in [-0.4, -0.2) is 25.8 Å². The summed E-state index contributed by atoms with van der Waals surface area (Å²) in [4.78, 5) is 25.2. The summed E-state index contributed by atoms with van der Waals surface area (Å²) in [6, 6.07) is 2.28. The highest BCUT2D eigenvalue weighted by molar-refractivity contribution is 5.88. The van der Waals surface area contributed by atoms with Crippen molar-refractivity contribution in [2.24, 2.45) is 0 Å². The molecule has 0 saturated carbocycles. The molecule has 0 amide bonds. The Labute approximate surface area is 88.0 Å². The van der Waals surface area contributed by atoms with Gasteiger partial charge in [0.15, 0.2) is 11.6 Å². The molecule has 0 aliphatic carbocycles. The Balaban J connectivity index is 2.55. The number of pyridine rings is 1. The van der Waals surface area contributed by atoms with Crippen molar-refractivity contribution in [3.05, 3.63) is 46.3 Å². The first-order chi connectivity index (χ1) is 7.58. The maximum Gasteiger partial charge on any atom is 0.338 e. The zero-order valence-electron chi connectivity index (χ0n) is 7.85. The quantitative estimate of drug-likeness (QED) is 0.771. The summed E-state index contributed by atoms with van der Waals surface area (Å²) in [7, 11) is 0. The van der Waals surface area contributed by atoms with Gasteiger partial charge < -0.3 is 5.11 Å². The van der Waals surface area contributed by atoms with Gasteiger partial charge in [-0.05, 0) is 0 Å². The van der Waals surface area contributed by atoms with E-state index < -0.39 is 17.3 Å². The maximum absolute atomic E-state index is 13.0. The van der Waals surface area contributed by atoms with Crippen LogP contribution in [0.25, 0.3) is 5.82 Å². The average molecular weight is 223 g/mol. The number of nitrogens with zero attached hydrogens (tertiary/aromatic N) is 2. The van der Waals surface area contributed by atoms with Crippen LogP contribution in [0.2, 0.25) is 0 Å². The third-order valence-corrected chi connectivity index (χ3v) is 1.92. The Morgan fingerprint density at radius 3 is 2.88 bits per heavy atom. The molecule has 2 N–H and O–H groups in total. The van der Waals surface area contributed by atoms with E-state index in [-0.39, 0.29) is 11.4 Å². The molecule has 0 saturated heterocycles. The van der Waals surface area contributed by atoms with E-state index in [1.54, 1.807) is 0 Å². The first-order valence-corrected chi connectivity index (χ1v) is 4.25. The number of aromatic nitrogens is 3. The van der Waals surface area contributed by atoms with Crippen molar-refractivity contribution in [2.75, 3.05) is 0 Å². The van der Waals surface area contributed by atoms with Crippen LogP contribution in [0.5, 0.6) is 0 Å². The molecule has 0 fully saturated rings. The summed E-state index contributed by atoms with van der Waals surface area (Å²) in [6.07, 6.45) is 2.16. The summed E-state index contributed by atoms with van der Waals surface area (Å²) >= 11 is 0. The molecule has 0 spiro atoms. The van der Waals surface area contributed by atoms with Crippen LogP contribution in [0.1, 0.15) is 10.4 Å². The van der Waals surface area contributed by atoms with Gasteiger partial charge in [0, 0.05) is 18.3 Å². The Bertz CT molecular complexity index is 602. The molecule has 0 bridgehead atoms. The van der Waals surface area contributed by atoms with Crippen LogP contribution < -0.4 is 5.56 Å². The molecule has 6 nitrogen and oxygen atoms in total. The number of aromatic amines is 1. The second-order valence-electron chi connectivity index (χ2n) is 2.99. The smallest absolute Gasteiger partial charge is 0.338 e. The molecule has 0 atom stereocenters. The van der Waals surface area contributed by atoms with Gasteiger partial charge >= 0.3 is 5.97 Å². The van der Waals surface area contributed by atoms with E-state index in [2.05, 4.69) is 10.1 Å². The third kappa shape index (κ3) is 1.70. The minimum atomic E-state index is -1.39. The molecular formula is C9H6FN3O3. The van der Waals surface area contributed by atoms with Gasteiger partial charge in [-0.3, -0.25) is 9.89 Å². The first-order valence-electron chi connectivity index (χ1n) is 4.25. The van der Waals surface area contributed by atoms with E-state index in [1.807, 2.05) is 0 Å². The average Bonchev–Trinajstić information content (AvgIpc) is 2.65. The molecule has 2 aromatic rings. The van der Waals surface area contributed by atoms with Crippen molar-refractivity contribution in [1.29, 1.82) is 0 Å². The molecule has 2 rings (SSSR count). The van der Waals surface area contributed by atoms with Crippen molar-refractivity contribution in [3.63, 3.8) is 0 Å². The lowest BCUT2D eigenvalue weighted by atomic mass is 10.2. The molecular weight excluding hydrogens is 217 g/mol. The van der Waals surface area contributed by atoms with Crippen molar-refractivity contribution in [1.82, 2.24) is 14.8 Å². The number of nitrogens with one attached hydrogen (secondary N) is 1. The second-order valence-corrected chi connectivity index (χ2v) is 2.99. The molecule has 0 aromatic carbocycles. The van der Waals surface area contributed by atoms with Gasteiger partial charge in [0.1, 0.15) is 5.56 Å². The molecule has 2 heterocycles. The minimum Gasteiger partial charge on any atom is -0.478 e. The van der Waals surface area contributed by atoms with E-state index in [0.29, 0.717) is 0 Å². The number of carboxylic acids is 1. The van der Waals surface area contributed by atoms with E-state index in [0.717, 1.165) is 12.3 Å². The van der Waals surface area contributed by atoms with Gasteiger partial charge in [-0.1, -0.05) is 0 Å². The van der Waals surface area contributed by atoms with Gasteiger partial charge in [0.25, 0.3) is 5.56 Å². The zero-order valence-corrected chi connectivity index (χ0v) is 7.85. The summed E-state index contributed by atoms with van der Waals surface area (Å²) < 4.78 is 14.2. The second kappa shape index (κ2) is 3.61. The lowest BCUT2D eigenvalue weighted by Gasteiger charge is -2.02. The van der Waals surface area contributed by atoms with Crippen LogP contribution in [0.4, 0.5) is 4.39 Å². The standard InChI is InChI=1S/C9H6FN3O3/c10-6-4-11-7(3-5(6)9(15)16)13-2-1-8(14)12-13/h1-4H,(H,12,14)(H,15,16). The molecule has 7 heteroatoms. The van der Waals surface area contributed by atoms with Crippen molar-refractivity contribution in [3.8, 4) is 5.82 Å². The Hall–Kier alpha value is -2.44. The Kier molecular flexibility index (Phi) is 2.28. The van der Waals surface area contributed by atoms with Gasteiger partial charge in [-0.2, -0.15) is 0 Å². The highest BCUT2D eigenvalue weighted by atomic mass is 19.1. The molecule has 16 heavy (non-hydrogen) atoms. The summed E-state index contributed by atoms with van der Waals surface area (Å²) in [5.41, 5.74) is -0.859. The number of H-pyrrole nitrogens is 1. The number of carbonyl (C=O) groups is 1. The van der Waals surface area contributed by atoms with Gasteiger partial charge in [-0.25, -0.2) is 18.9 Å². The molecule has 0 aliphatic heterocycles. The molecule has 2 aromatic heterocycles. The predicted octanol–water partition coefficient (Wildman–Crippen LogP) is 0.398. The Morgan fingerprint density at radius 1 is 1.56 bits per heavy atom. The molecule has 0 aliphatic rings. The fraction of sp³-hybridized carbons (Fsp3) is 0. The summed E-state index contributed by atoms with van der Waals surface area (Å²) in [6.45, 7) is 0. The fourth-order valence-corrected chi connectivity index (χ4v) is 1.19. The normalized spacial score (nSPS) is 10.3. The number of hydrogen-bond donors (Lipinski definition) is 2.